The molecule has 1 fully saturated rings. The van der Waals surface area contributed by atoms with E-state index in [1.165, 1.54) is 7.05 Å². The molecule has 15 heavy (non-hydrogen) atoms. The molecule has 0 bridgehead atoms. The number of ether oxygens (including phenoxy) is 1. The molecular formula is C9H17NO4S. The first-order valence-electron chi connectivity index (χ1n) is 5.05. The Bertz CT molecular complexity index is 321. The molecule has 0 aromatic heterocycles. The Morgan fingerprint density at radius 1 is 1.47 bits per heavy atom. The van der Waals surface area contributed by atoms with Gasteiger partial charge in [-0.2, -0.15) is 4.31 Å². The van der Waals surface area contributed by atoms with Gasteiger partial charge in [-0.3, -0.25) is 4.79 Å². The monoisotopic (exact) mass is 235 g/mol. The van der Waals surface area contributed by atoms with Crippen LogP contribution >= 0.6 is 0 Å². The van der Waals surface area contributed by atoms with E-state index >= 15 is 0 Å². The molecule has 0 unspecified atom stereocenters. The maximum Gasteiger partial charge on any atom is 0.321 e. The third kappa shape index (κ3) is 4.17. The summed E-state index contributed by atoms with van der Waals surface area (Å²) in [5, 5.41) is 0. The van der Waals surface area contributed by atoms with Crippen LogP contribution in [0.25, 0.3) is 0 Å². The summed E-state index contributed by atoms with van der Waals surface area (Å²) in [7, 11) is -1.87. The number of likely N-dealkylation sites (N-methyl/N-ethyl adjacent to an activating group) is 1. The molecule has 0 radical (unpaired) electrons. The summed E-state index contributed by atoms with van der Waals surface area (Å²) in [6, 6.07) is 0. The summed E-state index contributed by atoms with van der Waals surface area (Å²) in [6.45, 7) is 1.77. The second-order valence-electron chi connectivity index (χ2n) is 3.78. The van der Waals surface area contributed by atoms with Crippen LogP contribution < -0.4 is 0 Å². The summed E-state index contributed by atoms with van der Waals surface area (Å²) in [5.74, 6) is -0.0536. The Morgan fingerprint density at radius 3 is 2.53 bits per heavy atom. The minimum Gasteiger partial charge on any atom is -0.465 e. The molecule has 88 valence electrons. The van der Waals surface area contributed by atoms with Crippen molar-refractivity contribution in [2.45, 2.75) is 19.8 Å². The van der Waals surface area contributed by atoms with E-state index in [1.807, 2.05) is 0 Å². The van der Waals surface area contributed by atoms with Gasteiger partial charge in [-0.05, 0) is 25.7 Å². The van der Waals surface area contributed by atoms with E-state index in [9.17, 15) is 13.2 Å². The molecule has 0 amide bonds. The fourth-order valence-electron chi connectivity index (χ4n) is 1.20. The van der Waals surface area contributed by atoms with Gasteiger partial charge < -0.3 is 4.74 Å². The van der Waals surface area contributed by atoms with E-state index in [1.54, 1.807) is 6.92 Å². The van der Waals surface area contributed by atoms with Crippen molar-refractivity contribution < 1.29 is 17.9 Å². The minimum atomic E-state index is -3.28. The molecule has 0 aliphatic heterocycles. The summed E-state index contributed by atoms with van der Waals surface area (Å²) in [6.07, 6.45) is 1.96. The summed E-state index contributed by atoms with van der Waals surface area (Å²) in [4.78, 5) is 11.1. The highest BCUT2D eigenvalue weighted by Gasteiger charge is 2.31. The van der Waals surface area contributed by atoms with Crippen LogP contribution in [0.15, 0.2) is 0 Å². The Hall–Kier alpha value is -0.620. The summed E-state index contributed by atoms with van der Waals surface area (Å²) >= 11 is 0. The van der Waals surface area contributed by atoms with Crippen LogP contribution in [0.2, 0.25) is 0 Å². The maximum atomic E-state index is 11.6. The molecule has 5 nitrogen and oxygen atoms in total. The molecule has 0 aromatic rings. The molecule has 0 atom stereocenters. The number of rotatable bonds is 6. The Kier molecular flexibility index (Phi) is 4.10. The van der Waals surface area contributed by atoms with E-state index < -0.39 is 16.0 Å². The molecule has 0 heterocycles. The molecule has 0 aromatic carbocycles. The second kappa shape index (κ2) is 4.94. The number of carbonyl (C=O) groups is 1. The van der Waals surface area contributed by atoms with Crippen molar-refractivity contribution in [3.63, 3.8) is 0 Å². The van der Waals surface area contributed by atoms with Gasteiger partial charge in [0, 0.05) is 7.05 Å². The molecule has 6 heteroatoms. The van der Waals surface area contributed by atoms with E-state index in [-0.39, 0.29) is 18.9 Å². The van der Waals surface area contributed by atoms with Crippen LogP contribution in [0.3, 0.4) is 0 Å². The molecule has 0 saturated heterocycles. The van der Waals surface area contributed by atoms with Gasteiger partial charge in [0.05, 0.1) is 12.4 Å². The fraction of sp³-hybridized carbons (Fsp3) is 0.889. The summed E-state index contributed by atoms with van der Waals surface area (Å²) in [5.41, 5.74) is 0. The third-order valence-corrected chi connectivity index (χ3v) is 4.25. The molecular weight excluding hydrogens is 218 g/mol. The number of sulfonamides is 1. The largest absolute Gasteiger partial charge is 0.465 e. The summed E-state index contributed by atoms with van der Waals surface area (Å²) < 4.78 is 29.0. The van der Waals surface area contributed by atoms with Crippen LogP contribution in [0.4, 0.5) is 0 Å². The third-order valence-electron chi connectivity index (χ3n) is 2.28. The van der Waals surface area contributed by atoms with Crippen molar-refractivity contribution >= 4 is 16.0 Å². The molecule has 1 aliphatic carbocycles. The lowest BCUT2D eigenvalue weighted by Gasteiger charge is -2.15. The minimum absolute atomic E-state index is 0.156. The smallest absolute Gasteiger partial charge is 0.321 e. The second-order valence-corrected chi connectivity index (χ2v) is 5.90. The van der Waals surface area contributed by atoms with Gasteiger partial charge in [0.2, 0.25) is 10.0 Å². The van der Waals surface area contributed by atoms with E-state index in [2.05, 4.69) is 4.74 Å². The molecule has 1 aliphatic rings. The highest BCUT2D eigenvalue weighted by molar-refractivity contribution is 7.89. The van der Waals surface area contributed by atoms with Crippen molar-refractivity contribution in [3.8, 4) is 0 Å². The highest BCUT2D eigenvalue weighted by Crippen LogP contribution is 2.30. The predicted molar refractivity (Wildman–Crippen MR) is 55.8 cm³/mol. The zero-order valence-electron chi connectivity index (χ0n) is 9.10. The lowest BCUT2D eigenvalue weighted by Crippen LogP contribution is -2.35. The first-order valence-corrected chi connectivity index (χ1v) is 6.66. The van der Waals surface area contributed by atoms with Crippen molar-refractivity contribution in [2.75, 3.05) is 26.0 Å². The zero-order valence-corrected chi connectivity index (χ0v) is 9.92. The topological polar surface area (TPSA) is 63.7 Å². The lowest BCUT2D eigenvalue weighted by molar-refractivity contribution is -0.143. The maximum absolute atomic E-state index is 11.6. The van der Waals surface area contributed by atoms with Crippen LogP contribution in [0.1, 0.15) is 19.8 Å². The number of carbonyl (C=O) groups excluding carboxylic acids is 1. The van der Waals surface area contributed by atoms with Crippen molar-refractivity contribution in [2.24, 2.45) is 5.92 Å². The van der Waals surface area contributed by atoms with Crippen LogP contribution in [-0.2, 0) is 19.6 Å². The van der Waals surface area contributed by atoms with Crippen LogP contribution in [-0.4, -0.2) is 44.6 Å². The Morgan fingerprint density at radius 2 is 2.07 bits per heavy atom. The first-order chi connectivity index (χ1) is 6.95. The Labute approximate surface area is 90.4 Å². The van der Waals surface area contributed by atoms with Crippen molar-refractivity contribution in [3.05, 3.63) is 0 Å². The predicted octanol–water partition coefficient (Wildman–Crippen LogP) is 0.221. The van der Waals surface area contributed by atoms with Gasteiger partial charge in [0.25, 0.3) is 0 Å². The Balaban J connectivity index is 2.43. The van der Waals surface area contributed by atoms with Gasteiger partial charge in [-0.25, -0.2) is 8.42 Å². The number of esters is 1. The number of hydrogen-bond donors (Lipinski definition) is 0. The molecule has 0 N–H and O–H groups in total. The highest BCUT2D eigenvalue weighted by atomic mass is 32.2. The average Bonchev–Trinajstić information content (AvgIpc) is 2.87. The molecule has 0 spiro atoms. The van der Waals surface area contributed by atoms with Crippen LogP contribution in [0, 0.1) is 5.92 Å². The van der Waals surface area contributed by atoms with Gasteiger partial charge in [-0.15, -0.1) is 0 Å². The zero-order chi connectivity index (χ0) is 11.5. The SMILES string of the molecule is CCOC(=O)CN(C)S(=O)(=O)CC1CC1. The lowest BCUT2D eigenvalue weighted by atomic mass is 10.5. The van der Waals surface area contributed by atoms with Gasteiger partial charge in [0.15, 0.2) is 0 Å². The number of nitrogens with zero attached hydrogens (tertiary/aromatic N) is 1. The number of hydrogen-bond acceptors (Lipinski definition) is 4. The van der Waals surface area contributed by atoms with E-state index in [0.29, 0.717) is 5.92 Å². The molecule has 1 rings (SSSR count). The van der Waals surface area contributed by atoms with Gasteiger partial charge >= 0.3 is 5.97 Å². The van der Waals surface area contributed by atoms with Gasteiger partial charge in [0.1, 0.15) is 6.54 Å². The molecule has 1 saturated carbocycles. The van der Waals surface area contributed by atoms with E-state index in [4.69, 9.17) is 0 Å². The fourth-order valence-corrected chi connectivity index (χ4v) is 2.68. The standard InChI is InChI=1S/C9H17NO4S/c1-3-14-9(11)6-10(2)15(12,13)7-8-4-5-8/h8H,3-7H2,1-2H3. The van der Waals surface area contributed by atoms with Crippen molar-refractivity contribution in [1.82, 2.24) is 4.31 Å². The first kappa shape index (κ1) is 12.4. The normalized spacial score (nSPS) is 16.7. The van der Waals surface area contributed by atoms with Gasteiger partial charge in [-0.1, -0.05) is 0 Å². The quantitative estimate of drug-likeness (QED) is 0.618. The average molecular weight is 235 g/mol. The van der Waals surface area contributed by atoms with Crippen molar-refractivity contribution in [1.29, 1.82) is 0 Å². The van der Waals surface area contributed by atoms with E-state index in [0.717, 1.165) is 17.1 Å². The van der Waals surface area contributed by atoms with Crippen LogP contribution in [0.5, 0.6) is 0 Å².